The van der Waals surface area contributed by atoms with Crippen LogP contribution >= 0.6 is 0 Å². The number of para-hydroxylation sites is 1. The maximum atomic E-state index is 7.23. The number of ether oxygens (including phenoxy) is 1. The Labute approximate surface area is 464 Å². The molecular formula is C70H65N4OPt-3. The third-order valence-corrected chi connectivity index (χ3v) is 15.2. The molecule has 11 rings (SSSR count). The molecule has 0 unspecified atom stereocenters. The number of rotatable bonds is 11. The molecule has 0 amide bonds. The van der Waals surface area contributed by atoms with E-state index < -0.39 is 5.41 Å². The molecule has 0 fully saturated rings. The van der Waals surface area contributed by atoms with Crippen molar-refractivity contribution in [3.05, 3.63) is 259 Å². The first kappa shape index (κ1) is 52.0. The number of hydrogen-bond donors (Lipinski definition) is 0. The van der Waals surface area contributed by atoms with Crippen molar-refractivity contribution in [2.75, 3.05) is 9.80 Å². The van der Waals surface area contributed by atoms with E-state index in [4.69, 9.17) is 9.72 Å². The molecule has 5 nitrogen and oxygen atoms in total. The first-order chi connectivity index (χ1) is 35.9. The molecular weight excluding hydrogens is 1110 g/mol. The molecule has 0 radical (unpaired) electrons. The molecule has 0 aliphatic carbocycles. The molecule has 6 heteroatoms. The number of benzene rings is 8. The second-order valence-electron chi connectivity index (χ2n) is 23.1. The predicted molar refractivity (Wildman–Crippen MR) is 313 cm³/mol. The normalized spacial score (nSPS) is 13.3. The van der Waals surface area contributed by atoms with Crippen molar-refractivity contribution in [2.45, 2.75) is 85.5 Å². The smallest absolute Gasteiger partial charge is 0.135 e. The van der Waals surface area contributed by atoms with Gasteiger partial charge in [0, 0.05) is 66.5 Å². The molecule has 0 bridgehead atoms. The van der Waals surface area contributed by atoms with E-state index in [0.717, 1.165) is 61.4 Å². The van der Waals surface area contributed by atoms with Crippen LogP contribution in [0, 0.1) is 24.2 Å². The third kappa shape index (κ3) is 9.94. The minimum Gasteiger partial charge on any atom is -0.509 e. The van der Waals surface area contributed by atoms with E-state index in [1.165, 1.54) is 33.4 Å². The molecule has 2 aromatic heterocycles. The summed E-state index contributed by atoms with van der Waals surface area (Å²) in [4.78, 5) is 9.61. The van der Waals surface area contributed by atoms with Gasteiger partial charge in [-0.1, -0.05) is 226 Å². The number of anilines is 2. The van der Waals surface area contributed by atoms with Gasteiger partial charge in [-0.25, -0.2) is 4.98 Å². The summed E-state index contributed by atoms with van der Waals surface area (Å²) in [5, 5.41) is 2.26. The molecule has 384 valence electrons. The van der Waals surface area contributed by atoms with E-state index in [9.17, 15) is 0 Å². The van der Waals surface area contributed by atoms with E-state index in [0.29, 0.717) is 11.5 Å². The number of pyridine rings is 1. The van der Waals surface area contributed by atoms with Gasteiger partial charge in [0.1, 0.15) is 5.82 Å². The van der Waals surface area contributed by atoms with Crippen LogP contribution in [0.15, 0.2) is 212 Å². The van der Waals surface area contributed by atoms with Gasteiger partial charge < -0.3 is 19.1 Å². The van der Waals surface area contributed by atoms with Crippen LogP contribution in [0.4, 0.5) is 11.4 Å². The molecule has 0 saturated heterocycles. The number of allylic oxidation sites excluding steroid dienone is 1. The molecule has 3 heterocycles. The molecule has 1 aliphatic rings. The zero-order valence-corrected chi connectivity index (χ0v) is 47.5. The second kappa shape index (κ2) is 20.2. The summed E-state index contributed by atoms with van der Waals surface area (Å²) in [5.41, 5.74) is 14.5. The molecule has 0 atom stereocenters. The van der Waals surface area contributed by atoms with Crippen LogP contribution in [0.25, 0.3) is 49.9 Å². The minimum absolute atomic E-state index is 0. The summed E-state index contributed by atoms with van der Waals surface area (Å²) in [6, 6.07) is 77.0. The Bertz CT molecular complexity index is 3730. The summed E-state index contributed by atoms with van der Waals surface area (Å²) in [7, 11) is 0. The van der Waals surface area contributed by atoms with Crippen LogP contribution in [0.1, 0.15) is 97.1 Å². The molecule has 76 heavy (non-hydrogen) atoms. The van der Waals surface area contributed by atoms with Crippen molar-refractivity contribution in [3.8, 4) is 39.6 Å². The summed E-state index contributed by atoms with van der Waals surface area (Å²) in [6.45, 7) is 25.1. The van der Waals surface area contributed by atoms with Crippen LogP contribution in [-0.2, 0) is 37.3 Å². The monoisotopic (exact) mass is 1170 g/mol. The van der Waals surface area contributed by atoms with Gasteiger partial charge in [0.15, 0.2) is 0 Å². The molecule has 1 aliphatic heterocycles. The SMILES string of the molecule is CC(C)(C)C1=CN(c2[c-]c(Oc3[c-]c4c(c(C(C)(C)c5ccccc5)c3)c3ccccc3n4-c3cc(C(C)(C)C)ccn3)cc(-c3ccccc3)c2)[CH-]N1c1cc(-c2ccccc2)cc(C(C)(C)c2ccccc2)c1.[Pt]. The number of fused-ring (bicyclic) bond motifs is 3. The fraction of sp³-hybridized carbons (Fsp3) is 0.200. The van der Waals surface area contributed by atoms with E-state index in [1.807, 2.05) is 6.20 Å². The average molecular weight is 1170 g/mol. The van der Waals surface area contributed by atoms with Crippen LogP contribution in [0.5, 0.6) is 11.5 Å². The Morgan fingerprint density at radius 1 is 0.487 bits per heavy atom. The molecule has 0 spiro atoms. The zero-order valence-electron chi connectivity index (χ0n) is 45.2. The molecule has 0 saturated carbocycles. The molecule has 10 aromatic rings. The van der Waals surface area contributed by atoms with Crippen LogP contribution in [0.2, 0.25) is 0 Å². The quantitative estimate of drug-likeness (QED) is 0.121. The van der Waals surface area contributed by atoms with Crippen LogP contribution in [0.3, 0.4) is 0 Å². The Morgan fingerprint density at radius 2 is 1.05 bits per heavy atom. The number of aromatic nitrogens is 2. The Hall–Kier alpha value is -7.46. The Kier molecular flexibility index (Phi) is 13.9. The van der Waals surface area contributed by atoms with Gasteiger partial charge in [-0.15, -0.1) is 53.8 Å². The van der Waals surface area contributed by atoms with Gasteiger partial charge in [-0.2, -0.15) is 0 Å². The van der Waals surface area contributed by atoms with E-state index >= 15 is 0 Å². The summed E-state index contributed by atoms with van der Waals surface area (Å²) >= 11 is 0. The van der Waals surface area contributed by atoms with Gasteiger partial charge in [-0.05, 0) is 91.7 Å². The van der Waals surface area contributed by atoms with Gasteiger partial charge in [-0.3, -0.25) is 0 Å². The fourth-order valence-corrected chi connectivity index (χ4v) is 10.7. The van der Waals surface area contributed by atoms with Crippen molar-refractivity contribution in [1.29, 1.82) is 0 Å². The largest absolute Gasteiger partial charge is 0.509 e. The Morgan fingerprint density at radius 3 is 1.67 bits per heavy atom. The van der Waals surface area contributed by atoms with Crippen molar-refractivity contribution >= 4 is 33.2 Å². The van der Waals surface area contributed by atoms with E-state index in [1.54, 1.807) is 0 Å². The standard InChI is InChI=1S/C70H65N4O.Pt/c1-67(2,3)54-35-36-71-65(42-54)74-62-34-24-23-33-60(62)66-61(70(9,10)53-31-21-14-22-32-53)44-59(45-63(66)74)75-58-40-51(49-27-17-12-18-28-49)38-56(43-58)72-46-64(68(4,5)6)73(47-72)57-39-50(48-25-15-11-16-26-48)37-55(41-57)69(7,8)52-29-19-13-20-30-52;/h11-42,44,46-47H,1-10H3;/q-3;. The molecule has 0 N–H and O–H groups in total. The fourth-order valence-electron chi connectivity index (χ4n) is 10.7. The van der Waals surface area contributed by atoms with Gasteiger partial charge in [0.05, 0.1) is 0 Å². The predicted octanol–water partition coefficient (Wildman–Crippen LogP) is 18.2. The minimum atomic E-state index is -0.431. The number of nitrogens with zero attached hydrogens (tertiary/aromatic N) is 4. The summed E-state index contributed by atoms with van der Waals surface area (Å²) < 4.78 is 9.49. The summed E-state index contributed by atoms with van der Waals surface area (Å²) in [5.74, 6) is 2.01. The topological polar surface area (TPSA) is 33.5 Å². The maximum Gasteiger partial charge on any atom is 0.135 e. The zero-order chi connectivity index (χ0) is 52.3. The van der Waals surface area contributed by atoms with E-state index in [-0.39, 0.29) is 37.3 Å². The molecule has 8 aromatic carbocycles. The van der Waals surface area contributed by atoms with Crippen molar-refractivity contribution < 1.29 is 25.8 Å². The van der Waals surface area contributed by atoms with Gasteiger partial charge >= 0.3 is 0 Å². The van der Waals surface area contributed by atoms with E-state index in [2.05, 4.69) is 303 Å². The Balaban J connectivity index is 0.00000657. The van der Waals surface area contributed by atoms with Crippen molar-refractivity contribution in [1.82, 2.24) is 9.55 Å². The van der Waals surface area contributed by atoms with Crippen LogP contribution < -0.4 is 14.5 Å². The first-order valence-electron chi connectivity index (χ1n) is 26.2. The van der Waals surface area contributed by atoms with Gasteiger partial charge in [0.2, 0.25) is 0 Å². The van der Waals surface area contributed by atoms with Gasteiger partial charge in [0.25, 0.3) is 0 Å². The maximum absolute atomic E-state index is 7.23. The van der Waals surface area contributed by atoms with Crippen molar-refractivity contribution in [2.24, 2.45) is 5.41 Å². The second-order valence-corrected chi connectivity index (χ2v) is 23.1. The van der Waals surface area contributed by atoms with Crippen molar-refractivity contribution in [3.63, 3.8) is 0 Å². The number of hydrogen-bond acceptors (Lipinski definition) is 4. The average Bonchev–Trinajstić information content (AvgIpc) is 4.04. The van der Waals surface area contributed by atoms with Crippen LogP contribution in [-0.4, -0.2) is 9.55 Å². The first-order valence-corrected chi connectivity index (χ1v) is 26.2. The third-order valence-electron chi connectivity index (χ3n) is 15.2. The summed E-state index contributed by atoms with van der Waals surface area (Å²) in [6.07, 6.45) is 4.19.